The van der Waals surface area contributed by atoms with Crippen molar-refractivity contribution < 1.29 is 4.79 Å². The molecule has 0 aliphatic rings. The molecule has 1 aromatic rings. The van der Waals surface area contributed by atoms with Gasteiger partial charge in [-0.1, -0.05) is 5.92 Å². The smallest absolute Gasteiger partial charge is 0.240 e. The highest BCUT2D eigenvalue weighted by Crippen LogP contribution is 2.02. The highest BCUT2D eigenvalue weighted by Gasteiger charge is 2.04. The number of hydrogen-bond acceptors (Lipinski definition) is 4. The maximum Gasteiger partial charge on any atom is 0.240 e. The first kappa shape index (κ1) is 12.1. The first-order valence-corrected chi connectivity index (χ1v) is 4.88. The van der Waals surface area contributed by atoms with Crippen LogP contribution in [0, 0.1) is 26.2 Å². The lowest BCUT2D eigenvalue weighted by atomic mass is 10.4. The Balaban J connectivity index is 2.53. The number of aromatic nitrogens is 2. The van der Waals surface area contributed by atoms with Crippen LogP contribution >= 0.6 is 0 Å². The predicted molar refractivity (Wildman–Crippen MR) is 61.8 cm³/mol. The number of carbonyl (C=O) groups excluding carboxylic acids is 1. The van der Waals surface area contributed by atoms with E-state index in [1.54, 1.807) is 0 Å². The lowest BCUT2D eigenvalue weighted by molar-refractivity contribution is -0.115. The van der Waals surface area contributed by atoms with Crippen LogP contribution in [0.15, 0.2) is 6.07 Å². The molecular formula is C11H14N4O. The standard InChI is InChI=1S/C11H14N4O/c1-4-5-12-7-10(16)15-11-13-8(2)6-9(3)14-11/h1,6,12H,5,7H2,2-3H3,(H,13,14,15,16). The van der Waals surface area contributed by atoms with Crippen molar-refractivity contribution in [3.8, 4) is 12.3 Å². The van der Waals surface area contributed by atoms with Crippen LogP contribution in [0.3, 0.4) is 0 Å². The molecular weight excluding hydrogens is 204 g/mol. The topological polar surface area (TPSA) is 66.9 Å². The molecule has 0 spiro atoms. The monoisotopic (exact) mass is 218 g/mol. The van der Waals surface area contributed by atoms with Gasteiger partial charge in [0.25, 0.3) is 0 Å². The van der Waals surface area contributed by atoms with Gasteiger partial charge in [0.05, 0.1) is 13.1 Å². The predicted octanol–water partition coefficient (Wildman–Crippen LogP) is 0.255. The van der Waals surface area contributed by atoms with E-state index < -0.39 is 0 Å². The molecule has 0 saturated heterocycles. The number of nitrogens with one attached hydrogen (secondary N) is 2. The molecule has 0 aromatic carbocycles. The van der Waals surface area contributed by atoms with Crippen LogP contribution in [0.4, 0.5) is 5.95 Å². The minimum atomic E-state index is -0.208. The third-order valence-electron chi connectivity index (χ3n) is 1.75. The van der Waals surface area contributed by atoms with Gasteiger partial charge in [-0.05, 0) is 19.9 Å². The minimum Gasteiger partial charge on any atom is -0.298 e. The third kappa shape index (κ3) is 4.07. The Bertz CT molecular complexity index is 402. The second-order valence-corrected chi connectivity index (χ2v) is 3.33. The number of carbonyl (C=O) groups is 1. The van der Waals surface area contributed by atoms with Crippen LogP contribution in [0.5, 0.6) is 0 Å². The van der Waals surface area contributed by atoms with Gasteiger partial charge in [0.2, 0.25) is 11.9 Å². The molecule has 2 N–H and O–H groups in total. The van der Waals surface area contributed by atoms with E-state index in [1.807, 2.05) is 19.9 Å². The van der Waals surface area contributed by atoms with Crippen molar-refractivity contribution in [2.24, 2.45) is 0 Å². The summed E-state index contributed by atoms with van der Waals surface area (Å²) in [6.07, 6.45) is 5.04. The quantitative estimate of drug-likeness (QED) is 0.561. The second kappa shape index (κ2) is 5.83. The van der Waals surface area contributed by atoms with Gasteiger partial charge in [-0.15, -0.1) is 6.42 Å². The number of aryl methyl sites for hydroxylation is 2. The molecule has 0 aliphatic heterocycles. The lowest BCUT2D eigenvalue weighted by Gasteiger charge is -2.05. The van der Waals surface area contributed by atoms with Gasteiger partial charge in [-0.2, -0.15) is 0 Å². The Morgan fingerprint density at radius 2 is 2.06 bits per heavy atom. The van der Waals surface area contributed by atoms with E-state index in [-0.39, 0.29) is 12.5 Å². The van der Waals surface area contributed by atoms with Crippen molar-refractivity contribution >= 4 is 11.9 Å². The first-order valence-electron chi connectivity index (χ1n) is 4.88. The third-order valence-corrected chi connectivity index (χ3v) is 1.75. The minimum absolute atomic E-state index is 0.153. The SMILES string of the molecule is C#CCNCC(=O)Nc1nc(C)cc(C)n1. The van der Waals surface area contributed by atoms with Crippen molar-refractivity contribution in [1.29, 1.82) is 0 Å². The van der Waals surface area contributed by atoms with E-state index in [0.29, 0.717) is 12.5 Å². The number of amides is 1. The van der Waals surface area contributed by atoms with Gasteiger partial charge in [-0.25, -0.2) is 9.97 Å². The molecule has 0 bridgehead atoms. The van der Waals surface area contributed by atoms with E-state index in [9.17, 15) is 4.79 Å². The molecule has 0 atom stereocenters. The molecule has 0 saturated carbocycles. The Kier molecular flexibility index (Phi) is 4.42. The molecule has 0 unspecified atom stereocenters. The van der Waals surface area contributed by atoms with Crippen molar-refractivity contribution in [2.45, 2.75) is 13.8 Å². The number of hydrogen-bond donors (Lipinski definition) is 2. The molecule has 0 fully saturated rings. The zero-order chi connectivity index (χ0) is 12.0. The van der Waals surface area contributed by atoms with E-state index in [2.05, 4.69) is 26.5 Å². The molecule has 84 valence electrons. The van der Waals surface area contributed by atoms with Gasteiger partial charge < -0.3 is 0 Å². The Labute approximate surface area is 94.7 Å². The molecule has 16 heavy (non-hydrogen) atoms. The highest BCUT2D eigenvalue weighted by atomic mass is 16.2. The maximum atomic E-state index is 11.4. The molecule has 1 amide bonds. The fraction of sp³-hybridized carbons (Fsp3) is 0.364. The number of anilines is 1. The van der Waals surface area contributed by atoms with Gasteiger partial charge in [0.15, 0.2) is 0 Å². The zero-order valence-electron chi connectivity index (χ0n) is 9.37. The van der Waals surface area contributed by atoms with Crippen LogP contribution < -0.4 is 10.6 Å². The zero-order valence-corrected chi connectivity index (χ0v) is 9.37. The summed E-state index contributed by atoms with van der Waals surface area (Å²) in [4.78, 5) is 19.6. The summed E-state index contributed by atoms with van der Waals surface area (Å²) in [5.41, 5.74) is 1.64. The van der Waals surface area contributed by atoms with Gasteiger partial charge >= 0.3 is 0 Å². The fourth-order valence-electron chi connectivity index (χ4n) is 1.20. The van der Waals surface area contributed by atoms with E-state index >= 15 is 0 Å². The van der Waals surface area contributed by atoms with Crippen LogP contribution in [0.2, 0.25) is 0 Å². The molecule has 1 rings (SSSR count). The molecule has 1 aromatic heterocycles. The van der Waals surface area contributed by atoms with Crippen molar-refractivity contribution in [3.63, 3.8) is 0 Å². The molecule has 0 aliphatic carbocycles. The number of terminal acetylenes is 1. The largest absolute Gasteiger partial charge is 0.298 e. The summed E-state index contributed by atoms with van der Waals surface area (Å²) in [5.74, 6) is 2.50. The van der Waals surface area contributed by atoms with Crippen molar-refractivity contribution in [2.75, 3.05) is 18.4 Å². The summed E-state index contributed by atoms with van der Waals surface area (Å²) in [6, 6.07) is 1.84. The number of nitrogens with zero attached hydrogens (tertiary/aromatic N) is 2. The Hall–Kier alpha value is -1.93. The summed E-state index contributed by atoms with van der Waals surface area (Å²) in [6.45, 7) is 4.21. The Morgan fingerprint density at radius 3 is 2.62 bits per heavy atom. The average molecular weight is 218 g/mol. The molecule has 1 heterocycles. The fourth-order valence-corrected chi connectivity index (χ4v) is 1.20. The van der Waals surface area contributed by atoms with Crippen LogP contribution in [0.25, 0.3) is 0 Å². The first-order chi connectivity index (χ1) is 7.61. The lowest BCUT2D eigenvalue weighted by Crippen LogP contribution is -2.29. The maximum absolute atomic E-state index is 11.4. The summed E-state index contributed by atoms with van der Waals surface area (Å²) in [7, 11) is 0. The molecule has 5 nitrogen and oxygen atoms in total. The summed E-state index contributed by atoms with van der Waals surface area (Å²) >= 11 is 0. The van der Waals surface area contributed by atoms with Crippen molar-refractivity contribution in [1.82, 2.24) is 15.3 Å². The summed E-state index contributed by atoms with van der Waals surface area (Å²) < 4.78 is 0. The van der Waals surface area contributed by atoms with Crippen LogP contribution in [0.1, 0.15) is 11.4 Å². The average Bonchev–Trinajstić information content (AvgIpc) is 2.16. The normalized spacial score (nSPS) is 9.56. The van der Waals surface area contributed by atoms with E-state index in [0.717, 1.165) is 11.4 Å². The van der Waals surface area contributed by atoms with Crippen LogP contribution in [-0.2, 0) is 4.79 Å². The van der Waals surface area contributed by atoms with Crippen molar-refractivity contribution in [3.05, 3.63) is 17.5 Å². The van der Waals surface area contributed by atoms with E-state index in [1.165, 1.54) is 0 Å². The second-order valence-electron chi connectivity index (χ2n) is 3.33. The Morgan fingerprint density at radius 1 is 1.44 bits per heavy atom. The van der Waals surface area contributed by atoms with Crippen LogP contribution in [-0.4, -0.2) is 29.0 Å². The van der Waals surface area contributed by atoms with Gasteiger partial charge in [0, 0.05) is 11.4 Å². The van der Waals surface area contributed by atoms with Gasteiger partial charge in [-0.3, -0.25) is 15.4 Å². The highest BCUT2D eigenvalue weighted by molar-refractivity contribution is 5.90. The molecule has 5 heteroatoms. The number of rotatable bonds is 4. The summed E-state index contributed by atoms with van der Waals surface area (Å²) in [5, 5.41) is 5.37. The van der Waals surface area contributed by atoms with E-state index in [4.69, 9.17) is 6.42 Å². The van der Waals surface area contributed by atoms with Gasteiger partial charge in [0.1, 0.15) is 0 Å². The molecule has 0 radical (unpaired) electrons.